The van der Waals surface area contributed by atoms with E-state index in [9.17, 15) is 8.42 Å². The molecule has 0 spiro atoms. The fourth-order valence-corrected chi connectivity index (χ4v) is 3.58. The molecule has 102 valence electrons. The van der Waals surface area contributed by atoms with Gasteiger partial charge in [0.2, 0.25) is 10.0 Å². The molecule has 1 heterocycles. The van der Waals surface area contributed by atoms with Crippen molar-refractivity contribution in [3.05, 3.63) is 41.8 Å². The third-order valence-electron chi connectivity index (χ3n) is 2.60. The van der Waals surface area contributed by atoms with Gasteiger partial charge in [0.05, 0.1) is 11.5 Å². The summed E-state index contributed by atoms with van der Waals surface area (Å²) in [6, 6.07) is 10.1. The van der Waals surface area contributed by atoms with Gasteiger partial charge in [-0.2, -0.15) is 0 Å². The first-order chi connectivity index (χ1) is 9.03. The van der Waals surface area contributed by atoms with E-state index < -0.39 is 16.1 Å². The Balaban J connectivity index is 2.23. The summed E-state index contributed by atoms with van der Waals surface area (Å²) >= 11 is 1.61. The van der Waals surface area contributed by atoms with E-state index in [1.54, 1.807) is 42.5 Å². The van der Waals surface area contributed by atoms with Gasteiger partial charge in [-0.05, 0) is 36.1 Å². The molecule has 19 heavy (non-hydrogen) atoms. The van der Waals surface area contributed by atoms with Crippen LogP contribution in [0.5, 0.6) is 0 Å². The summed E-state index contributed by atoms with van der Waals surface area (Å²) in [6.07, 6.45) is 0. The van der Waals surface area contributed by atoms with Crippen LogP contribution in [0.3, 0.4) is 0 Å². The molecule has 6 heteroatoms. The molecule has 0 bridgehead atoms. The van der Waals surface area contributed by atoms with Crippen molar-refractivity contribution in [3.63, 3.8) is 0 Å². The number of sulfonamides is 1. The highest BCUT2D eigenvalue weighted by Crippen LogP contribution is 2.25. The van der Waals surface area contributed by atoms with Gasteiger partial charge in [0.1, 0.15) is 0 Å². The zero-order chi connectivity index (χ0) is 13.9. The van der Waals surface area contributed by atoms with Crippen LogP contribution in [-0.4, -0.2) is 26.2 Å². The van der Waals surface area contributed by atoms with Gasteiger partial charge < -0.3 is 5.11 Å². The van der Waals surface area contributed by atoms with E-state index in [0.717, 1.165) is 10.4 Å². The Bertz CT molecular complexity index is 618. The molecule has 0 fully saturated rings. The van der Waals surface area contributed by atoms with Crippen molar-refractivity contribution in [2.45, 2.75) is 17.9 Å². The van der Waals surface area contributed by atoms with Gasteiger partial charge in [0.25, 0.3) is 0 Å². The average molecular weight is 297 g/mol. The van der Waals surface area contributed by atoms with E-state index in [0.29, 0.717) is 0 Å². The Hall–Kier alpha value is -1.21. The number of hydrogen-bond donors (Lipinski definition) is 2. The first kappa shape index (κ1) is 14.2. The number of rotatable bonds is 5. The van der Waals surface area contributed by atoms with Crippen LogP contribution in [-0.2, 0) is 10.0 Å². The number of nitrogens with one attached hydrogen (secondary N) is 1. The second-order valence-corrected chi connectivity index (χ2v) is 6.87. The van der Waals surface area contributed by atoms with Gasteiger partial charge in [0.15, 0.2) is 0 Å². The van der Waals surface area contributed by atoms with Gasteiger partial charge in [-0.3, -0.25) is 0 Å². The molecule has 0 amide bonds. The summed E-state index contributed by atoms with van der Waals surface area (Å²) < 4.78 is 26.4. The largest absolute Gasteiger partial charge is 0.395 e. The van der Waals surface area contributed by atoms with Crippen LogP contribution in [0.15, 0.2) is 46.7 Å². The molecule has 1 aromatic heterocycles. The molecule has 4 nitrogen and oxygen atoms in total. The Morgan fingerprint density at radius 3 is 2.47 bits per heavy atom. The molecule has 2 N–H and O–H groups in total. The third-order valence-corrected chi connectivity index (χ3v) is 5.12. The highest BCUT2D eigenvalue weighted by atomic mass is 32.2. The molecule has 2 aromatic rings. The van der Waals surface area contributed by atoms with Gasteiger partial charge in [0, 0.05) is 10.9 Å². The summed E-state index contributed by atoms with van der Waals surface area (Å²) in [7, 11) is -3.56. The van der Waals surface area contributed by atoms with E-state index >= 15 is 0 Å². The maximum atomic E-state index is 12.0. The summed E-state index contributed by atoms with van der Waals surface area (Å²) in [5.41, 5.74) is 0.990. The summed E-state index contributed by atoms with van der Waals surface area (Å²) in [5.74, 6) is 0. The van der Waals surface area contributed by atoms with E-state index in [2.05, 4.69) is 4.72 Å². The molecule has 0 aliphatic rings. The second-order valence-electron chi connectivity index (χ2n) is 4.21. The maximum Gasteiger partial charge on any atom is 0.240 e. The predicted octanol–water partition coefficient (Wildman–Crippen LogP) is 2.07. The first-order valence-corrected chi connectivity index (χ1v) is 8.16. The van der Waals surface area contributed by atoms with Crippen molar-refractivity contribution in [1.29, 1.82) is 0 Å². The quantitative estimate of drug-likeness (QED) is 0.888. The molecule has 0 saturated carbocycles. The lowest BCUT2D eigenvalue weighted by Crippen LogP contribution is -2.34. The van der Waals surface area contributed by atoms with Crippen molar-refractivity contribution in [2.24, 2.45) is 0 Å². The highest BCUT2D eigenvalue weighted by Gasteiger charge is 2.16. The van der Waals surface area contributed by atoms with Crippen LogP contribution in [0.1, 0.15) is 6.92 Å². The van der Waals surface area contributed by atoms with Crippen LogP contribution < -0.4 is 4.72 Å². The summed E-state index contributed by atoms with van der Waals surface area (Å²) in [5, 5.41) is 10.9. The lowest BCUT2D eigenvalue weighted by atomic mass is 10.2. The second kappa shape index (κ2) is 5.83. The highest BCUT2D eigenvalue weighted by molar-refractivity contribution is 7.89. The van der Waals surface area contributed by atoms with Crippen molar-refractivity contribution in [2.75, 3.05) is 6.61 Å². The molecule has 0 saturated heterocycles. The summed E-state index contributed by atoms with van der Waals surface area (Å²) in [6.45, 7) is 1.38. The molecule has 1 atom stereocenters. The van der Waals surface area contributed by atoms with Gasteiger partial charge in [-0.25, -0.2) is 13.1 Å². The van der Waals surface area contributed by atoms with E-state index in [1.165, 1.54) is 0 Å². The predicted molar refractivity (Wildman–Crippen MR) is 76.6 cm³/mol. The zero-order valence-electron chi connectivity index (χ0n) is 10.4. The van der Waals surface area contributed by atoms with Gasteiger partial charge in [-0.1, -0.05) is 18.2 Å². The van der Waals surface area contributed by atoms with Crippen LogP contribution in [0.25, 0.3) is 10.4 Å². The molecular formula is C13H15NO3S2. The molecule has 2 rings (SSSR count). The molecule has 0 aliphatic carbocycles. The number of hydrogen-bond acceptors (Lipinski definition) is 4. The van der Waals surface area contributed by atoms with Crippen LogP contribution in [0, 0.1) is 0 Å². The van der Waals surface area contributed by atoms with Crippen LogP contribution in [0.2, 0.25) is 0 Å². The zero-order valence-corrected chi connectivity index (χ0v) is 12.0. The van der Waals surface area contributed by atoms with Crippen molar-refractivity contribution >= 4 is 21.4 Å². The molecule has 0 aliphatic heterocycles. The standard InChI is InChI=1S/C13H15NO3S2/c1-10(9-15)14-19(16,17)12-6-4-11(5-7-12)13-3-2-8-18-13/h2-8,10,14-15H,9H2,1H3. The summed E-state index contributed by atoms with van der Waals surface area (Å²) in [4.78, 5) is 1.30. The van der Waals surface area contributed by atoms with E-state index in [1.807, 2.05) is 17.5 Å². The molecule has 0 radical (unpaired) electrons. The van der Waals surface area contributed by atoms with Crippen molar-refractivity contribution < 1.29 is 13.5 Å². The Morgan fingerprint density at radius 2 is 1.95 bits per heavy atom. The average Bonchev–Trinajstić information content (AvgIpc) is 2.92. The monoisotopic (exact) mass is 297 g/mol. The lowest BCUT2D eigenvalue weighted by Gasteiger charge is -2.11. The number of thiophene rings is 1. The van der Waals surface area contributed by atoms with Crippen molar-refractivity contribution in [1.82, 2.24) is 4.72 Å². The van der Waals surface area contributed by atoms with Crippen molar-refractivity contribution in [3.8, 4) is 10.4 Å². The third kappa shape index (κ3) is 3.42. The lowest BCUT2D eigenvalue weighted by molar-refractivity contribution is 0.265. The fourth-order valence-electron chi connectivity index (χ4n) is 1.61. The fraction of sp³-hybridized carbons (Fsp3) is 0.231. The van der Waals surface area contributed by atoms with E-state index in [4.69, 9.17) is 5.11 Å². The number of aliphatic hydroxyl groups is 1. The smallest absolute Gasteiger partial charge is 0.240 e. The van der Waals surface area contributed by atoms with Gasteiger partial charge >= 0.3 is 0 Å². The Labute approximate surface area is 116 Å². The Kier molecular flexibility index (Phi) is 4.36. The minimum Gasteiger partial charge on any atom is -0.395 e. The Morgan fingerprint density at radius 1 is 1.26 bits per heavy atom. The van der Waals surface area contributed by atoms with E-state index in [-0.39, 0.29) is 11.5 Å². The van der Waals surface area contributed by atoms with Crippen LogP contribution in [0.4, 0.5) is 0 Å². The molecule has 1 unspecified atom stereocenters. The molecular weight excluding hydrogens is 282 g/mol. The number of aliphatic hydroxyl groups excluding tert-OH is 1. The SMILES string of the molecule is CC(CO)NS(=O)(=O)c1ccc(-c2cccs2)cc1. The minimum atomic E-state index is -3.56. The normalized spacial score (nSPS) is 13.4. The topological polar surface area (TPSA) is 66.4 Å². The maximum absolute atomic E-state index is 12.0. The van der Waals surface area contributed by atoms with Gasteiger partial charge in [-0.15, -0.1) is 11.3 Å². The minimum absolute atomic E-state index is 0.202. The first-order valence-electron chi connectivity index (χ1n) is 5.80. The van der Waals surface area contributed by atoms with Crippen LogP contribution >= 0.6 is 11.3 Å². The number of benzene rings is 1. The molecule has 1 aromatic carbocycles.